The number of nitrogens with one attached hydrogen (secondary N) is 1. The van der Waals surface area contributed by atoms with E-state index in [0.717, 1.165) is 31.2 Å². The van der Waals surface area contributed by atoms with Gasteiger partial charge in [-0.2, -0.15) is 0 Å². The molecule has 0 amide bonds. The van der Waals surface area contributed by atoms with E-state index in [-0.39, 0.29) is 0 Å². The van der Waals surface area contributed by atoms with Gasteiger partial charge in [0.15, 0.2) is 15.3 Å². The zero-order valence-electron chi connectivity index (χ0n) is 9.91. The van der Waals surface area contributed by atoms with Crippen molar-refractivity contribution in [3.63, 3.8) is 0 Å². The highest BCUT2D eigenvalue weighted by molar-refractivity contribution is 14.1. The van der Waals surface area contributed by atoms with Gasteiger partial charge in [0.05, 0.1) is 12.2 Å². The predicted molar refractivity (Wildman–Crippen MR) is 83.9 cm³/mol. The Labute approximate surface area is 132 Å². The number of halogens is 2. The maximum Gasteiger partial charge on any atom is 0.164 e. The van der Waals surface area contributed by atoms with Gasteiger partial charge in [0.25, 0.3) is 0 Å². The molecule has 0 unspecified atom stereocenters. The second-order valence-corrected chi connectivity index (χ2v) is 5.95. The van der Waals surface area contributed by atoms with Crippen LogP contribution in [0.4, 0.5) is 5.69 Å². The number of furan rings is 1. The lowest BCUT2D eigenvalue weighted by Crippen LogP contribution is -2.15. The standard InChI is InChI=1S/C13H11BrINO3/c14-9-5-11-12(18-4-3-17-11)6-10(9)16-7-8-1-2-13(15)19-8/h1-2,5-6,16H,3-4,7H2. The molecule has 0 fully saturated rings. The molecule has 0 radical (unpaired) electrons. The van der Waals surface area contributed by atoms with Crippen molar-refractivity contribution in [1.29, 1.82) is 0 Å². The van der Waals surface area contributed by atoms with Crippen molar-refractivity contribution in [2.45, 2.75) is 6.54 Å². The molecule has 1 aromatic carbocycles. The van der Waals surface area contributed by atoms with Crippen molar-refractivity contribution in [1.82, 2.24) is 0 Å². The molecule has 4 nitrogen and oxygen atoms in total. The molecular weight excluding hydrogens is 425 g/mol. The zero-order chi connectivity index (χ0) is 13.2. The fourth-order valence-electron chi connectivity index (χ4n) is 1.83. The molecule has 3 rings (SSSR count). The fraction of sp³-hybridized carbons (Fsp3) is 0.231. The number of hydrogen-bond donors (Lipinski definition) is 1. The smallest absolute Gasteiger partial charge is 0.164 e. The maximum atomic E-state index is 5.56. The summed E-state index contributed by atoms with van der Waals surface area (Å²) in [6, 6.07) is 7.76. The van der Waals surface area contributed by atoms with Crippen LogP contribution in [0.3, 0.4) is 0 Å². The molecule has 0 aliphatic carbocycles. The number of ether oxygens (including phenoxy) is 2. The Morgan fingerprint density at radius 1 is 1.16 bits per heavy atom. The van der Waals surface area contributed by atoms with Crippen LogP contribution >= 0.6 is 38.5 Å². The summed E-state index contributed by atoms with van der Waals surface area (Å²) in [4.78, 5) is 0. The Morgan fingerprint density at radius 3 is 2.58 bits per heavy atom. The second-order valence-electron chi connectivity index (χ2n) is 4.04. The monoisotopic (exact) mass is 435 g/mol. The molecule has 1 aliphatic heterocycles. The van der Waals surface area contributed by atoms with E-state index in [1.54, 1.807) is 0 Å². The average Bonchev–Trinajstić information content (AvgIpc) is 2.82. The molecule has 1 aromatic heterocycles. The van der Waals surface area contributed by atoms with Gasteiger partial charge in [-0.1, -0.05) is 0 Å². The topological polar surface area (TPSA) is 43.6 Å². The highest BCUT2D eigenvalue weighted by Crippen LogP contribution is 2.38. The largest absolute Gasteiger partial charge is 0.486 e. The van der Waals surface area contributed by atoms with Gasteiger partial charge in [0.1, 0.15) is 19.0 Å². The molecule has 0 atom stereocenters. The van der Waals surface area contributed by atoms with Gasteiger partial charge in [-0.05, 0) is 50.7 Å². The van der Waals surface area contributed by atoms with Crippen molar-refractivity contribution in [3.05, 3.63) is 38.3 Å². The van der Waals surface area contributed by atoms with E-state index < -0.39 is 0 Å². The van der Waals surface area contributed by atoms with E-state index in [9.17, 15) is 0 Å². The molecular formula is C13H11BrINO3. The molecule has 6 heteroatoms. The third-order valence-electron chi connectivity index (χ3n) is 2.71. The molecule has 0 saturated heterocycles. The predicted octanol–water partition coefficient (Wildman–Crippen LogP) is 4.03. The first-order valence-corrected chi connectivity index (χ1v) is 7.67. The normalized spacial score (nSPS) is 13.4. The first-order valence-electron chi connectivity index (χ1n) is 5.79. The van der Waals surface area contributed by atoms with Crippen LogP contribution < -0.4 is 14.8 Å². The van der Waals surface area contributed by atoms with Gasteiger partial charge >= 0.3 is 0 Å². The van der Waals surface area contributed by atoms with E-state index in [4.69, 9.17) is 13.9 Å². The van der Waals surface area contributed by atoms with Crippen molar-refractivity contribution in [2.24, 2.45) is 0 Å². The summed E-state index contributed by atoms with van der Waals surface area (Å²) in [6.07, 6.45) is 0. The van der Waals surface area contributed by atoms with Gasteiger partial charge in [0, 0.05) is 16.6 Å². The van der Waals surface area contributed by atoms with E-state index in [1.807, 2.05) is 24.3 Å². The van der Waals surface area contributed by atoms with Gasteiger partial charge in [-0.25, -0.2) is 0 Å². The summed E-state index contributed by atoms with van der Waals surface area (Å²) >= 11 is 5.67. The molecule has 19 heavy (non-hydrogen) atoms. The van der Waals surface area contributed by atoms with Crippen molar-refractivity contribution in [3.8, 4) is 11.5 Å². The lowest BCUT2D eigenvalue weighted by molar-refractivity contribution is 0.171. The van der Waals surface area contributed by atoms with Crippen LogP contribution in [0.25, 0.3) is 0 Å². The molecule has 0 spiro atoms. The molecule has 0 bridgehead atoms. The first kappa shape index (κ1) is 13.1. The summed E-state index contributed by atoms with van der Waals surface area (Å²) in [5.41, 5.74) is 0.954. The van der Waals surface area contributed by atoms with Gasteiger partial charge in [-0.3, -0.25) is 0 Å². The van der Waals surface area contributed by atoms with Crippen LogP contribution in [0.1, 0.15) is 5.76 Å². The van der Waals surface area contributed by atoms with Crippen molar-refractivity contribution in [2.75, 3.05) is 18.5 Å². The van der Waals surface area contributed by atoms with Crippen LogP contribution in [-0.2, 0) is 6.54 Å². The number of anilines is 1. The maximum absolute atomic E-state index is 5.56. The summed E-state index contributed by atoms with van der Waals surface area (Å²) in [5.74, 6) is 2.44. The highest BCUT2D eigenvalue weighted by Gasteiger charge is 2.14. The molecule has 1 aliphatic rings. The summed E-state index contributed by atoms with van der Waals surface area (Å²) < 4.78 is 18.4. The minimum atomic E-state index is 0.588. The van der Waals surface area contributed by atoms with Crippen LogP contribution in [0.2, 0.25) is 0 Å². The molecule has 2 aromatic rings. The Kier molecular flexibility index (Phi) is 3.88. The van der Waals surface area contributed by atoms with Gasteiger partial charge < -0.3 is 19.2 Å². The number of hydrogen-bond acceptors (Lipinski definition) is 4. The molecule has 2 heterocycles. The highest BCUT2D eigenvalue weighted by atomic mass is 127. The van der Waals surface area contributed by atoms with Crippen LogP contribution in [-0.4, -0.2) is 13.2 Å². The van der Waals surface area contributed by atoms with Crippen LogP contribution in [0.5, 0.6) is 11.5 Å². The Bertz CT molecular complexity index is 600. The number of benzene rings is 1. The zero-order valence-corrected chi connectivity index (χ0v) is 13.7. The van der Waals surface area contributed by atoms with Crippen LogP contribution in [0, 0.1) is 3.77 Å². The third kappa shape index (κ3) is 3.00. The SMILES string of the molecule is Brc1cc2c(cc1NCc1ccc(I)o1)OCCO2. The minimum absolute atomic E-state index is 0.588. The fourth-order valence-corrected chi connectivity index (χ4v) is 2.75. The Balaban J connectivity index is 1.77. The first-order chi connectivity index (χ1) is 9.22. The second kappa shape index (κ2) is 5.62. The average molecular weight is 436 g/mol. The third-order valence-corrected chi connectivity index (χ3v) is 3.95. The lowest BCUT2D eigenvalue weighted by atomic mass is 10.2. The Morgan fingerprint density at radius 2 is 1.89 bits per heavy atom. The van der Waals surface area contributed by atoms with E-state index in [2.05, 4.69) is 43.8 Å². The summed E-state index contributed by atoms with van der Waals surface area (Å²) in [5, 5.41) is 3.31. The van der Waals surface area contributed by atoms with Gasteiger partial charge in [0.2, 0.25) is 0 Å². The lowest BCUT2D eigenvalue weighted by Gasteiger charge is -2.20. The molecule has 1 N–H and O–H groups in total. The van der Waals surface area contributed by atoms with Crippen molar-refractivity contribution >= 4 is 44.2 Å². The number of rotatable bonds is 3. The summed E-state index contributed by atoms with van der Waals surface area (Å²) in [7, 11) is 0. The van der Waals surface area contributed by atoms with Crippen molar-refractivity contribution < 1.29 is 13.9 Å². The van der Waals surface area contributed by atoms with E-state index in [0.29, 0.717) is 19.8 Å². The van der Waals surface area contributed by atoms with Crippen LogP contribution in [0.15, 0.2) is 33.2 Å². The molecule has 100 valence electrons. The summed E-state index contributed by atoms with van der Waals surface area (Å²) in [6.45, 7) is 1.81. The van der Waals surface area contributed by atoms with E-state index >= 15 is 0 Å². The Hall–Kier alpha value is -0.890. The molecule has 0 saturated carbocycles. The van der Waals surface area contributed by atoms with E-state index in [1.165, 1.54) is 0 Å². The van der Waals surface area contributed by atoms with Gasteiger partial charge in [-0.15, -0.1) is 0 Å². The quantitative estimate of drug-likeness (QED) is 0.739. The number of fused-ring (bicyclic) bond motifs is 1. The minimum Gasteiger partial charge on any atom is -0.486 e.